The van der Waals surface area contributed by atoms with Crippen molar-refractivity contribution >= 4 is 28.6 Å². The van der Waals surface area contributed by atoms with Gasteiger partial charge in [0.05, 0.1) is 17.2 Å². The Bertz CT molecular complexity index is 1390. The number of carbonyl (C=O) groups is 2. The summed E-state index contributed by atoms with van der Waals surface area (Å²) in [5.41, 5.74) is 2.07. The Morgan fingerprint density at radius 2 is 1.57 bits per heavy atom. The predicted molar refractivity (Wildman–Crippen MR) is 146 cm³/mol. The molecule has 6 heteroatoms. The van der Waals surface area contributed by atoms with Crippen LogP contribution in [-0.2, 0) is 11.3 Å². The topological polar surface area (TPSA) is 77.5 Å². The van der Waals surface area contributed by atoms with E-state index >= 15 is 0 Å². The van der Waals surface area contributed by atoms with Crippen molar-refractivity contribution in [3.05, 3.63) is 102 Å². The molecular weight excluding hydrogens is 464 g/mol. The maximum absolute atomic E-state index is 13.2. The predicted octanol–water partition coefficient (Wildman–Crippen LogP) is 7.05. The highest BCUT2D eigenvalue weighted by Gasteiger charge is 2.20. The maximum atomic E-state index is 13.2. The van der Waals surface area contributed by atoms with Crippen molar-refractivity contribution in [1.29, 1.82) is 0 Å². The number of para-hydroxylation sites is 1. The van der Waals surface area contributed by atoms with Crippen LogP contribution in [-0.4, -0.2) is 23.0 Å². The molecule has 0 spiro atoms. The van der Waals surface area contributed by atoms with Gasteiger partial charge in [0.15, 0.2) is 0 Å². The van der Waals surface area contributed by atoms with Crippen LogP contribution in [0.4, 0.5) is 5.82 Å². The minimum atomic E-state index is -0.565. The van der Waals surface area contributed by atoms with Crippen LogP contribution in [0.3, 0.4) is 0 Å². The molecular formula is C31H32N2O4. The number of hydrogen-bond acceptors (Lipinski definition) is 5. The summed E-state index contributed by atoms with van der Waals surface area (Å²) in [4.78, 5) is 30.6. The summed E-state index contributed by atoms with van der Waals surface area (Å²) in [7, 11) is 0. The second-order valence-corrected chi connectivity index (χ2v) is 10.3. The van der Waals surface area contributed by atoms with E-state index in [1.54, 1.807) is 30.3 Å². The van der Waals surface area contributed by atoms with Crippen molar-refractivity contribution < 1.29 is 19.1 Å². The van der Waals surface area contributed by atoms with Crippen LogP contribution in [0, 0.1) is 5.41 Å². The molecule has 1 heterocycles. The van der Waals surface area contributed by atoms with E-state index in [1.807, 2.05) is 61.5 Å². The lowest BCUT2D eigenvalue weighted by Gasteiger charge is -2.24. The third kappa shape index (κ3) is 6.94. The van der Waals surface area contributed by atoms with E-state index in [4.69, 9.17) is 9.47 Å². The van der Waals surface area contributed by atoms with E-state index in [1.165, 1.54) is 0 Å². The van der Waals surface area contributed by atoms with E-state index in [9.17, 15) is 9.59 Å². The summed E-state index contributed by atoms with van der Waals surface area (Å²) in [6, 6.07) is 25.4. The van der Waals surface area contributed by atoms with Gasteiger partial charge in [0.1, 0.15) is 23.7 Å². The Morgan fingerprint density at radius 3 is 2.30 bits per heavy atom. The number of nitrogens with zero attached hydrogens (tertiary/aromatic N) is 1. The summed E-state index contributed by atoms with van der Waals surface area (Å²) in [5.74, 6) is 0.0166. The lowest BCUT2D eigenvalue weighted by atomic mass is 9.90. The number of pyridine rings is 1. The number of rotatable bonds is 8. The van der Waals surface area contributed by atoms with Gasteiger partial charge in [-0.15, -0.1) is 0 Å². The van der Waals surface area contributed by atoms with Gasteiger partial charge in [-0.1, -0.05) is 75.4 Å². The summed E-state index contributed by atoms with van der Waals surface area (Å²) in [6.45, 7) is 8.70. The zero-order chi connectivity index (χ0) is 26.4. The Hall–Kier alpha value is -4.19. The Kier molecular flexibility index (Phi) is 7.87. The monoisotopic (exact) mass is 496 g/mol. The number of anilines is 1. The molecule has 0 saturated carbocycles. The van der Waals surface area contributed by atoms with Gasteiger partial charge in [-0.25, -0.2) is 9.78 Å². The molecule has 1 unspecified atom stereocenters. The highest BCUT2D eigenvalue weighted by molar-refractivity contribution is 6.11. The van der Waals surface area contributed by atoms with Crippen LogP contribution in [0.5, 0.6) is 5.75 Å². The fraction of sp³-hybridized carbons (Fsp3) is 0.258. The van der Waals surface area contributed by atoms with Crippen molar-refractivity contribution in [2.75, 3.05) is 5.32 Å². The number of carbonyl (C=O) groups excluding carboxylic acids is 2. The number of hydrogen-bond donors (Lipinski definition) is 1. The van der Waals surface area contributed by atoms with E-state index in [0.717, 1.165) is 17.4 Å². The summed E-state index contributed by atoms with van der Waals surface area (Å²) in [5, 5.41) is 3.73. The number of ether oxygens (including phenoxy) is 2. The Labute approximate surface area is 217 Å². The molecule has 3 aromatic carbocycles. The molecule has 0 aliphatic heterocycles. The van der Waals surface area contributed by atoms with E-state index in [2.05, 4.69) is 31.1 Å². The molecule has 0 saturated heterocycles. The first-order valence-electron chi connectivity index (χ1n) is 12.4. The fourth-order valence-corrected chi connectivity index (χ4v) is 4.25. The first-order chi connectivity index (χ1) is 17.7. The summed E-state index contributed by atoms with van der Waals surface area (Å²) >= 11 is 0. The van der Waals surface area contributed by atoms with Crippen LogP contribution in [0.25, 0.3) is 10.9 Å². The number of fused-ring (bicyclic) bond motifs is 1. The zero-order valence-corrected chi connectivity index (χ0v) is 21.7. The average Bonchev–Trinajstić information content (AvgIpc) is 2.87. The van der Waals surface area contributed by atoms with Gasteiger partial charge < -0.3 is 14.8 Å². The molecule has 190 valence electrons. The van der Waals surface area contributed by atoms with Crippen LogP contribution in [0.15, 0.2) is 84.9 Å². The van der Waals surface area contributed by atoms with E-state index < -0.39 is 11.9 Å². The van der Waals surface area contributed by atoms with Crippen molar-refractivity contribution in [1.82, 2.24) is 4.98 Å². The normalized spacial score (nSPS) is 12.1. The largest absolute Gasteiger partial charge is 0.488 e. The molecule has 0 fully saturated rings. The minimum Gasteiger partial charge on any atom is -0.488 e. The molecule has 1 amide bonds. The second kappa shape index (κ2) is 11.2. The van der Waals surface area contributed by atoms with Crippen molar-refractivity contribution in [2.24, 2.45) is 5.41 Å². The number of esters is 1. The van der Waals surface area contributed by atoms with Crippen LogP contribution in [0.2, 0.25) is 0 Å². The molecule has 6 nitrogen and oxygen atoms in total. The quantitative estimate of drug-likeness (QED) is 0.265. The fourth-order valence-electron chi connectivity index (χ4n) is 4.25. The second-order valence-electron chi connectivity index (χ2n) is 10.3. The van der Waals surface area contributed by atoms with E-state index in [0.29, 0.717) is 17.1 Å². The van der Waals surface area contributed by atoms with Crippen molar-refractivity contribution in [3.63, 3.8) is 0 Å². The molecule has 1 aromatic heterocycles. The van der Waals surface area contributed by atoms with Gasteiger partial charge in [0.2, 0.25) is 0 Å². The molecule has 0 bridgehead atoms. The first kappa shape index (κ1) is 25.9. The lowest BCUT2D eigenvalue weighted by Crippen LogP contribution is -2.20. The Balaban J connectivity index is 1.52. The minimum absolute atomic E-state index is 0.000535. The number of amides is 1. The van der Waals surface area contributed by atoms with Crippen LogP contribution < -0.4 is 10.1 Å². The van der Waals surface area contributed by atoms with Crippen LogP contribution in [0.1, 0.15) is 60.4 Å². The molecule has 0 aliphatic rings. The third-order valence-corrected chi connectivity index (χ3v) is 5.76. The van der Waals surface area contributed by atoms with E-state index in [-0.39, 0.29) is 29.3 Å². The van der Waals surface area contributed by atoms with Gasteiger partial charge in [0.25, 0.3) is 5.91 Å². The third-order valence-electron chi connectivity index (χ3n) is 5.76. The Morgan fingerprint density at radius 1 is 0.865 bits per heavy atom. The van der Waals surface area contributed by atoms with Gasteiger partial charge >= 0.3 is 5.97 Å². The number of aromatic nitrogens is 1. The standard InChI is InChI=1S/C31H32N2O4/c1-21(19-31(2,3)4)37-26-16-10-13-23-17-18-27(32-28(23)26)33-29(34)24-14-8-9-15-25(24)30(35)36-20-22-11-6-5-7-12-22/h5-18,21H,19-20H2,1-4H3,(H,32,33,34). The first-order valence-corrected chi connectivity index (χ1v) is 12.4. The van der Waals surface area contributed by atoms with Gasteiger partial charge in [-0.3, -0.25) is 4.79 Å². The molecule has 4 aromatic rings. The van der Waals surface area contributed by atoms with Crippen molar-refractivity contribution in [3.8, 4) is 5.75 Å². The lowest BCUT2D eigenvalue weighted by molar-refractivity contribution is 0.0470. The number of nitrogens with one attached hydrogen (secondary N) is 1. The van der Waals surface area contributed by atoms with Gasteiger partial charge in [0, 0.05) is 5.39 Å². The van der Waals surface area contributed by atoms with Gasteiger partial charge in [-0.2, -0.15) is 0 Å². The van der Waals surface area contributed by atoms with Crippen LogP contribution >= 0.6 is 0 Å². The highest BCUT2D eigenvalue weighted by atomic mass is 16.5. The van der Waals surface area contributed by atoms with Gasteiger partial charge in [-0.05, 0) is 54.7 Å². The summed E-state index contributed by atoms with van der Waals surface area (Å²) < 4.78 is 11.7. The summed E-state index contributed by atoms with van der Waals surface area (Å²) in [6.07, 6.45) is 0.885. The average molecular weight is 497 g/mol. The highest BCUT2D eigenvalue weighted by Crippen LogP contribution is 2.29. The number of benzene rings is 3. The maximum Gasteiger partial charge on any atom is 0.339 e. The molecule has 1 N–H and O–H groups in total. The van der Waals surface area contributed by atoms with Crippen molar-refractivity contribution in [2.45, 2.75) is 46.8 Å². The molecule has 0 radical (unpaired) electrons. The smallest absolute Gasteiger partial charge is 0.339 e. The molecule has 4 rings (SSSR count). The zero-order valence-electron chi connectivity index (χ0n) is 21.7. The SMILES string of the molecule is CC(CC(C)(C)C)Oc1cccc2ccc(NC(=O)c3ccccc3C(=O)OCc3ccccc3)nc12. The molecule has 0 aliphatic carbocycles. The molecule has 1 atom stereocenters. The molecule has 37 heavy (non-hydrogen) atoms.